The highest BCUT2D eigenvalue weighted by molar-refractivity contribution is 8.00. The minimum absolute atomic E-state index is 0.107. The van der Waals surface area contributed by atoms with Crippen LogP contribution < -0.4 is 5.32 Å². The maximum absolute atomic E-state index is 10.8. The fourth-order valence-corrected chi connectivity index (χ4v) is 3.71. The van der Waals surface area contributed by atoms with Crippen molar-refractivity contribution in [3.63, 3.8) is 0 Å². The van der Waals surface area contributed by atoms with Gasteiger partial charge in [-0.15, -0.1) is 10.2 Å². The molecule has 0 aliphatic carbocycles. The lowest BCUT2D eigenvalue weighted by atomic mass is 10.2. The van der Waals surface area contributed by atoms with Crippen LogP contribution in [0.1, 0.15) is 11.1 Å². The van der Waals surface area contributed by atoms with Crippen molar-refractivity contribution in [1.29, 1.82) is 0 Å². The van der Waals surface area contributed by atoms with Gasteiger partial charge in [-0.3, -0.25) is 10.1 Å². The molecule has 0 aliphatic heterocycles. The van der Waals surface area contributed by atoms with Crippen LogP contribution in [0.15, 0.2) is 58.9 Å². The van der Waals surface area contributed by atoms with E-state index in [-0.39, 0.29) is 10.6 Å². The molecule has 6 nitrogen and oxygen atoms in total. The van der Waals surface area contributed by atoms with E-state index in [1.165, 1.54) is 34.7 Å². The van der Waals surface area contributed by atoms with Gasteiger partial charge < -0.3 is 5.32 Å². The Bertz CT molecular complexity index is 824. The van der Waals surface area contributed by atoms with Gasteiger partial charge in [-0.1, -0.05) is 65.6 Å². The van der Waals surface area contributed by atoms with E-state index in [1.807, 2.05) is 36.4 Å². The number of nitro benzene ring substituents is 1. The van der Waals surface area contributed by atoms with Crippen molar-refractivity contribution in [2.24, 2.45) is 0 Å². The van der Waals surface area contributed by atoms with Crippen LogP contribution >= 0.6 is 23.1 Å². The summed E-state index contributed by atoms with van der Waals surface area (Å²) in [7, 11) is 0. The summed E-state index contributed by atoms with van der Waals surface area (Å²) in [5, 5.41) is 23.1. The van der Waals surface area contributed by atoms with Crippen LogP contribution in [0.3, 0.4) is 0 Å². The summed E-state index contributed by atoms with van der Waals surface area (Å²) in [5.74, 6) is 0.620. The Kier molecular flexibility index (Phi) is 5.39. The van der Waals surface area contributed by atoms with E-state index < -0.39 is 0 Å². The molecule has 0 unspecified atom stereocenters. The normalized spacial score (nSPS) is 10.5. The fraction of sp³-hybridized carbons (Fsp3) is 0.125. The smallest absolute Gasteiger partial charge is 0.269 e. The fourth-order valence-electron chi connectivity index (χ4n) is 2.02. The Morgan fingerprint density at radius 2 is 1.88 bits per heavy atom. The van der Waals surface area contributed by atoms with E-state index in [0.717, 1.165) is 15.0 Å². The number of rotatable bonds is 7. The third-order valence-corrected chi connectivity index (χ3v) is 5.26. The van der Waals surface area contributed by atoms with Crippen molar-refractivity contribution in [3.8, 4) is 0 Å². The monoisotopic (exact) mass is 358 g/mol. The van der Waals surface area contributed by atoms with Gasteiger partial charge in [0.1, 0.15) is 0 Å². The molecule has 2 aromatic carbocycles. The predicted molar refractivity (Wildman–Crippen MR) is 96.3 cm³/mol. The molecule has 0 saturated carbocycles. The summed E-state index contributed by atoms with van der Waals surface area (Å²) >= 11 is 3.00. The number of nitrogens with one attached hydrogen (secondary N) is 1. The van der Waals surface area contributed by atoms with Gasteiger partial charge in [0, 0.05) is 24.4 Å². The van der Waals surface area contributed by atoms with Gasteiger partial charge in [0.15, 0.2) is 4.34 Å². The molecule has 1 heterocycles. The molecule has 0 fully saturated rings. The standard InChI is InChI=1S/C16H14N4O2S2/c21-20(22)14-8-4-7-13(9-14)11-23-16-19-18-15(24-16)17-10-12-5-2-1-3-6-12/h1-9H,10-11H2,(H,17,18). The molecule has 0 spiro atoms. The van der Waals surface area contributed by atoms with Crippen molar-refractivity contribution < 1.29 is 4.92 Å². The Morgan fingerprint density at radius 3 is 2.67 bits per heavy atom. The lowest BCUT2D eigenvalue weighted by Gasteiger charge is -2.01. The summed E-state index contributed by atoms with van der Waals surface area (Å²) in [6.45, 7) is 0.699. The number of nitrogens with zero attached hydrogens (tertiary/aromatic N) is 3. The van der Waals surface area contributed by atoms with Crippen LogP contribution in [0.5, 0.6) is 0 Å². The number of non-ortho nitro benzene ring substituents is 1. The van der Waals surface area contributed by atoms with Crippen molar-refractivity contribution in [1.82, 2.24) is 10.2 Å². The summed E-state index contributed by atoms with van der Waals surface area (Å²) in [6, 6.07) is 16.7. The van der Waals surface area contributed by atoms with Crippen molar-refractivity contribution in [2.45, 2.75) is 16.6 Å². The van der Waals surface area contributed by atoms with E-state index in [9.17, 15) is 10.1 Å². The molecule has 1 N–H and O–H groups in total. The summed E-state index contributed by atoms with van der Waals surface area (Å²) in [5.41, 5.74) is 2.18. The molecular weight excluding hydrogens is 344 g/mol. The van der Waals surface area contributed by atoms with Gasteiger partial charge in [0.05, 0.1) is 4.92 Å². The number of aromatic nitrogens is 2. The molecule has 3 aromatic rings. The second kappa shape index (κ2) is 7.89. The first-order valence-electron chi connectivity index (χ1n) is 7.18. The highest BCUT2D eigenvalue weighted by atomic mass is 32.2. The highest BCUT2D eigenvalue weighted by Crippen LogP contribution is 2.29. The van der Waals surface area contributed by atoms with Gasteiger partial charge in [-0.25, -0.2) is 0 Å². The number of hydrogen-bond donors (Lipinski definition) is 1. The van der Waals surface area contributed by atoms with Crippen LogP contribution in [0.25, 0.3) is 0 Å². The summed E-state index contributed by atoms with van der Waals surface area (Å²) < 4.78 is 0.831. The first-order chi connectivity index (χ1) is 11.7. The first-order valence-corrected chi connectivity index (χ1v) is 8.98. The molecule has 0 bridgehead atoms. The van der Waals surface area contributed by atoms with Crippen molar-refractivity contribution in [2.75, 3.05) is 5.32 Å². The third-order valence-electron chi connectivity index (χ3n) is 3.18. The summed E-state index contributed by atoms with van der Waals surface area (Å²) in [4.78, 5) is 10.4. The zero-order chi connectivity index (χ0) is 16.8. The van der Waals surface area contributed by atoms with Crippen LogP contribution in [-0.4, -0.2) is 15.1 Å². The zero-order valence-corrected chi connectivity index (χ0v) is 14.2. The number of benzene rings is 2. The molecule has 0 radical (unpaired) electrons. The number of nitro groups is 1. The van der Waals surface area contributed by atoms with Gasteiger partial charge in [-0.05, 0) is 11.1 Å². The first kappa shape index (κ1) is 16.4. The average molecular weight is 358 g/mol. The molecule has 0 aliphatic rings. The van der Waals surface area contributed by atoms with Crippen molar-refractivity contribution >= 4 is 33.9 Å². The Balaban J connectivity index is 1.54. The van der Waals surface area contributed by atoms with E-state index in [2.05, 4.69) is 15.5 Å². The Morgan fingerprint density at radius 1 is 1.08 bits per heavy atom. The van der Waals surface area contributed by atoms with Gasteiger partial charge in [-0.2, -0.15) is 0 Å². The van der Waals surface area contributed by atoms with Gasteiger partial charge in [0.2, 0.25) is 5.13 Å². The lowest BCUT2D eigenvalue weighted by Crippen LogP contribution is -1.98. The topological polar surface area (TPSA) is 81.0 Å². The maximum atomic E-state index is 10.8. The second-order valence-corrected chi connectivity index (χ2v) is 7.13. The quantitative estimate of drug-likeness (QED) is 0.384. The van der Waals surface area contributed by atoms with Crippen molar-refractivity contribution in [3.05, 3.63) is 75.8 Å². The molecule has 1 aromatic heterocycles. The Labute approximate surface area is 147 Å². The van der Waals surface area contributed by atoms with Gasteiger partial charge >= 0.3 is 0 Å². The van der Waals surface area contributed by atoms with Gasteiger partial charge in [0.25, 0.3) is 5.69 Å². The van der Waals surface area contributed by atoms with E-state index in [1.54, 1.807) is 12.1 Å². The van der Waals surface area contributed by atoms with Crippen LogP contribution in [0.4, 0.5) is 10.8 Å². The molecule has 8 heteroatoms. The molecule has 3 rings (SSSR count). The number of anilines is 1. The lowest BCUT2D eigenvalue weighted by molar-refractivity contribution is -0.384. The molecule has 0 atom stereocenters. The molecule has 122 valence electrons. The van der Waals surface area contributed by atoms with E-state index >= 15 is 0 Å². The number of thioether (sulfide) groups is 1. The van der Waals surface area contributed by atoms with E-state index in [4.69, 9.17) is 0 Å². The summed E-state index contributed by atoms with van der Waals surface area (Å²) in [6.07, 6.45) is 0. The second-order valence-electron chi connectivity index (χ2n) is 4.93. The average Bonchev–Trinajstić information content (AvgIpc) is 3.07. The SMILES string of the molecule is O=[N+]([O-])c1cccc(CSc2nnc(NCc3ccccc3)s2)c1. The predicted octanol–water partition coefficient (Wildman–Crippen LogP) is 4.35. The highest BCUT2D eigenvalue weighted by Gasteiger charge is 2.08. The zero-order valence-electron chi connectivity index (χ0n) is 12.6. The molecule has 0 saturated heterocycles. The number of hydrogen-bond acceptors (Lipinski definition) is 7. The minimum atomic E-state index is -0.384. The molecular formula is C16H14N4O2S2. The third kappa shape index (κ3) is 4.53. The largest absolute Gasteiger partial charge is 0.356 e. The maximum Gasteiger partial charge on any atom is 0.269 e. The Hall–Kier alpha value is -2.45. The van der Waals surface area contributed by atoms with E-state index in [0.29, 0.717) is 12.3 Å². The van der Waals surface area contributed by atoms with Crippen LogP contribution in [0, 0.1) is 10.1 Å². The van der Waals surface area contributed by atoms with Crippen LogP contribution in [0.2, 0.25) is 0 Å². The van der Waals surface area contributed by atoms with Crippen LogP contribution in [-0.2, 0) is 12.3 Å². The minimum Gasteiger partial charge on any atom is -0.356 e. The molecule has 24 heavy (non-hydrogen) atoms. The molecule has 0 amide bonds.